The van der Waals surface area contributed by atoms with Crippen molar-refractivity contribution in [1.29, 1.82) is 0 Å². The molecule has 1 N–H and O–H groups in total. The first-order chi connectivity index (χ1) is 15.0. The highest BCUT2D eigenvalue weighted by molar-refractivity contribution is 6.00. The van der Waals surface area contributed by atoms with E-state index in [1.54, 1.807) is 0 Å². The van der Waals surface area contributed by atoms with Gasteiger partial charge in [0.1, 0.15) is 6.61 Å². The molecule has 31 heavy (non-hydrogen) atoms. The molecule has 2 aromatic carbocycles. The summed E-state index contributed by atoms with van der Waals surface area (Å²) in [5, 5.41) is 14.4. The molecule has 164 valence electrons. The van der Waals surface area contributed by atoms with E-state index >= 15 is 0 Å². The van der Waals surface area contributed by atoms with E-state index in [1.807, 2.05) is 18.0 Å². The molecule has 0 aliphatic carbocycles. The number of likely N-dealkylation sites (tertiary alicyclic amines) is 1. The molecule has 4 rings (SSSR count). The molecule has 1 fully saturated rings. The second kappa shape index (κ2) is 9.34. The van der Waals surface area contributed by atoms with Gasteiger partial charge in [-0.3, -0.25) is 19.8 Å². The third kappa shape index (κ3) is 4.80. The predicted molar refractivity (Wildman–Crippen MR) is 119 cm³/mol. The number of amides is 1. The summed E-state index contributed by atoms with van der Waals surface area (Å²) in [5.41, 5.74) is 2.01. The summed E-state index contributed by atoms with van der Waals surface area (Å²) >= 11 is 0. The van der Waals surface area contributed by atoms with Gasteiger partial charge < -0.3 is 15.0 Å². The van der Waals surface area contributed by atoms with Gasteiger partial charge in [0.05, 0.1) is 22.7 Å². The van der Waals surface area contributed by atoms with Crippen LogP contribution in [0.3, 0.4) is 0 Å². The number of likely N-dealkylation sites (N-methyl/N-ethyl adjacent to an activating group) is 1. The molecule has 2 aromatic rings. The zero-order valence-corrected chi connectivity index (χ0v) is 17.8. The number of rotatable bonds is 7. The van der Waals surface area contributed by atoms with E-state index in [0.29, 0.717) is 31.1 Å². The first kappa shape index (κ1) is 21.1. The molecule has 1 amide bonds. The lowest BCUT2D eigenvalue weighted by Gasteiger charge is -2.29. The Balaban J connectivity index is 1.43. The molecule has 0 saturated carbocycles. The number of non-ortho nitro benzene ring substituents is 1. The SMILES string of the molecule is CN1CCOc2c(C(=O)NC[C@H]3CCCN3CCc3ccccc3)cc([N+](=O)[O-])cc21. The largest absolute Gasteiger partial charge is 0.489 e. The van der Waals surface area contributed by atoms with Crippen molar-refractivity contribution in [2.45, 2.75) is 25.3 Å². The number of nitrogens with one attached hydrogen (secondary N) is 1. The number of hydrogen-bond donors (Lipinski definition) is 1. The van der Waals surface area contributed by atoms with E-state index in [4.69, 9.17) is 4.74 Å². The molecule has 2 aliphatic heterocycles. The Morgan fingerprint density at radius 1 is 1.26 bits per heavy atom. The minimum Gasteiger partial charge on any atom is -0.489 e. The van der Waals surface area contributed by atoms with Crippen LogP contribution in [0.1, 0.15) is 28.8 Å². The van der Waals surface area contributed by atoms with Crippen molar-refractivity contribution in [3.63, 3.8) is 0 Å². The number of carbonyl (C=O) groups is 1. The summed E-state index contributed by atoms with van der Waals surface area (Å²) in [6.07, 6.45) is 3.11. The summed E-state index contributed by atoms with van der Waals surface area (Å²) in [6.45, 7) is 3.55. The number of carbonyl (C=O) groups excluding carboxylic acids is 1. The fraction of sp³-hybridized carbons (Fsp3) is 0.435. The van der Waals surface area contributed by atoms with Crippen molar-refractivity contribution in [3.8, 4) is 5.75 Å². The van der Waals surface area contributed by atoms with Crippen molar-refractivity contribution in [2.24, 2.45) is 0 Å². The van der Waals surface area contributed by atoms with E-state index < -0.39 is 4.92 Å². The van der Waals surface area contributed by atoms with Crippen LogP contribution < -0.4 is 15.0 Å². The molecule has 8 nitrogen and oxygen atoms in total. The average Bonchev–Trinajstić information content (AvgIpc) is 3.23. The fourth-order valence-corrected chi connectivity index (χ4v) is 4.36. The first-order valence-corrected chi connectivity index (χ1v) is 10.8. The van der Waals surface area contributed by atoms with Gasteiger partial charge in [-0.2, -0.15) is 0 Å². The highest BCUT2D eigenvalue weighted by atomic mass is 16.6. The average molecular weight is 425 g/mol. The molecule has 2 aliphatic rings. The maximum atomic E-state index is 13.0. The predicted octanol–water partition coefficient (Wildman–Crippen LogP) is 2.86. The number of benzene rings is 2. The Morgan fingerprint density at radius 2 is 2.06 bits per heavy atom. The molecule has 0 bridgehead atoms. The smallest absolute Gasteiger partial charge is 0.272 e. The van der Waals surface area contributed by atoms with Gasteiger partial charge in [0.2, 0.25) is 0 Å². The first-order valence-electron chi connectivity index (χ1n) is 10.8. The van der Waals surface area contributed by atoms with E-state index in [-0.39, 0.29) is 23.2 Å². The number of nitro benzene ring substituents is 1. The van der Waals surface area contributed by atoms with Crippen molar-refractivity contribution in [3.05, 3.63) is 63.7 Å². The summed E-state index contributed by atoms with van der Waals surface area (Å²) in [7, 11) is 1.84. The lowest BCUT2D eigenvalue weighted by molar-refractivity contribution is -0.384. The summed E-state index contributed by atoms with van der Waals surface area (Å²) in [6, 6.07) is 13.4. The highest BCUT2D eigenvalue weighted by Crippen LogP contribution is 2.38. The maximum Gasteiger partial charge on any atom is 0.272 e. The number of anilines is 1. The van der Waals surface area contributed by atoms with Crippen LogP contribution >= 0.6 is 0 Å². The summed E-state index contributed by atoms with van der Waals surface area (Å²) in [4.78, 5) is 28.2. The normalized spacial score (nSPS) is 18.4. The molecule has 0 unspecified atom stereocenters. The van der Waals surface area contributed by atoms with Gasteiger partial charge in [-0.1, -0.05) is 30.3 Å². The van der Waals surface area contributed by atoms with Gasteiger partial charge in [0.25, 0.3) is 11.6 Å². The molecule has 1 saturated heterocycles. The number of hydrogen-bond acceptors (Lipinski definition) is 6. The van der Waals surface area contributed by atoms with Crippen LogP contribution in [0.25, 0.3) is 0 Å². The zero-order valence-electron chi connectivity index (χ0n) is 17.8. The van der Waals surface area contributed by atoms with Crippen molar-refractivity contribution < 1.29 is 14.5 Å². The summed E-state index contributed by atoms with van der Waals surface area (Å²) in [5.74, 6) is 0.0920. The van der Waals surface area contributed by atoms with Crippen LogP contribution in [0.4, 0.5) is 11.4 Å². The van der Waals surface area contributed by atoms with Gasteiger partial charge in [-0.25, -0.2) is 0 Å². The quantitative estimate of drug-likeness (QED) is 0.543. The molecule has 0 radical (unpaired) electrons. The van der Waals surface area contributed by atoms with Gasteiger partial charge in [0, 0.05) is 38.3 Å². The standard InChI is InChI=1S/C23H28N4O4/c1-25-12-13-31-22-20(14-19(27(29)30)15-21(22)25)23(28)24-16-18-8-5-10-26(18)11-9-17-6-3-2-4-7-17/h2-4,6-7,14-15,18H,5,8-13,16H2,1H3,(H,24,28)/t18-/m1/s1. The van der Waals surface area contributed by atoms with E-state index in [2.05, 4.69) is 34.5 Å². The van der Waals surface area contributed by atoms with Gasteiger partial charge in [-0.05, 0) is 31.4 Å². The Morgan fingerprint density at radius 3 is 2.84 bits per heavy atom. The highest BCUT2D eigenvalue weighted by Gasteiger charge is 2.29. The minimum atomic E-state index is -0.470. The third-order valence-electron chi connectivity index (χ3n) is 6.12. The van der Waals surface area contributed by atoms with E-state index in [1.165, 1.54) is 17.7 Å². The Hall–Kier alpha value is -3.13. The van der Waals surface area contributed by atoms with Crippen LogP contribution in [-0.4, -0.2) is 61.6 Å². The van der Waals surface area contributed by atoms with Crippen LogP contribution in [0.2, 0.25) is 0 Å². The van der Waals surface area contributed by atoms with E-state index in [0.717, 1.165) is 32.4 Å². The number of fused-ring (bicyclic) bond motifs is 1. The van der Waals surface area contributed by atoms with Crippen molar-refractivity contribution in [1.82, 2.24) is 10.2 Å². The van der Waals surface area contributed by atoms with Crippen LogP contribution in [0.15, 0.2) is 42.5 Å². The molecular formula is C23H28N4O4. The van der Waals surface area contributed by atoms with Crippen molar-refractivity contribution >= 4 is 17.3 Å². The fourth-order valence-electron chi connectivity index (χ4n) is 4.36. The second-order valence-corrected chi connectivity index (χ2v) is 8.15. The number of nitrogens with zero attached hydrogens (tertiary/aromatic N) is 3. The van der Waals surface area contributed by atoms with Gasteiger partial charge in [-0.15, -0.1) is 0 Å². The second-order valence-electron chi connectivity index (χ2n) is 8.15. The van der Waals surface area contributed by atoms with E-state index in [9.17, 15) is 14.9 Å². The third-order valence-corrected chi connectivity index (χ3v) is 6.12. The monoisotopic (exact) mass is 424 g/mol. The number of nitro groups is 1. The Kier molecular flexibility index (Phi) is 6.36. The Labute approximate surface area is 181 Å². The number of ether oxygens (including phenoxy) is 1. The minimum absolute atomic E-state index is 0.105. The molecular weight excluding hydrogens is 396 g/mol. The zero-order chi connectivity index (χ0) is 21.8. The molecule has 0 spiro atoms. The lowest BCUT2D eigenvalue weighted by Crippen LogP contribution is -2.41. The molecule has 0 aromatic heterocycles. The van der Waals surface area contributed by atoms with Gasteiger partial charge in [0.15, 0.2) is 5.75 Å². The van der Waals surface area contributed by atoms with Crippen molar-refractivity contribution in [2.75, 3.05) is 44.7 Å². The van der Waals surface area contributed by atoms with Crippen LogP contribution in [0, 0.1) is 10.1 Å². The molecule has 2 heterocycles. The Bertz CT molecular complexity index is 950. The molecule has 8 heteroatoms. The van der Waals surface area contributed by atoms with Crippen LogP contribution in [-0.2, 0) is 6.42 Å². The van der Waals surface area contributed by atoms with Crippen LogP contribution in [0.5, 0.6) is 5.75 Å². The summed E-state index contributed by atoms with van der Waals surface area (Å²) < 4.78 is 5.73. The topological polar surface area (TPSA) is 88.0 Å². The van der Waals surface area contributed by atoms with Gasteiger partial charge >= 0.3 is 0 Å². The molecule has 1 atom stereocenters. The maximum absolute atomic E-state index is 13.0. The lowest BCUT2D eigenvalue weighted by atomic mass is 10.1.